The molecule has 0 atom stereocenters. The third-order valence-corrected chi connectivity index (χ3v) is 6.30. The Morgan fingerprint density at radius 3 is 2.56 bits per heavy atom. The molecule has 0 fully saturated rings. The molecular formula is C17H21N5OS2. The zero-order chi connectivity index (χ0) is 18.3. The van der Waals surface area contributed by atoms with E-state index in [-0.39, 0.29) is 5.91 Å². The van der Waals surface area contributed by atoms with Crippen LogP contribution in [0.15, 0.2) is 5.03 Å². The number of nitrogens with one attached hydrogen (secondary N) is 1. The van der Waals surface area contributed by atoms with E-state index in [0.29, 0.717) is 5.75 Å². The number of rotatable bonds is 4. The lowest BCUT2D eigenvalue weighted by atomic mass is 10.2. The monoisotopic (exact) mass is 375 g/mol. The van der Waals surface area contributed by atoms with Gasteiger partial charge in [0.05, 0.1) is 22.8 Å². The molecule has 0 aliphatic heterocycles. The zero-order valence-corrected chi connectivity index (χ0v) is 16.9. The maximum Gasteiger partial charge on any atom is 0.234 e. The van der Waals surface area contributed by atoms with Crippen LogP contribution < -0.4 is 5.32 Å². The van der Waals surface area contributed by atoms with Crippen molar-refractivity contribution in [2.45, 2.75) is 39.6 Å². The fourth-order valence-corrected chi connectivity index (χ4v) is 4.75. The second-order valence-electron chi connectivity index (χ2n) is 6.05. The predicted molar refractivity (Wildman–Crippen MR) is 104 cm³/mol. The van der Waals surface area contributed by atoms with Crippen molar-refractivity contribution in [2.75, 3.05) is 11.1 Å². The van der Waals surface area contributed by atoms with Crippen LogP contribution >= 0.6 is 23.1 Å². The van der Waals surface area contributed by atoms with Gasteiger partial charge in [0.15, 0.2) is 0 Å². The van der Waals surface area contributed by atoms with Gasteiger partial charge in [-0.15, -0.1) is 11.3 Å². The molecule has 25 heavy (non-hydrogen) atoms. The quantitative estimate of drug-likeness (QED) is 0.556. The summed E-state index contributed by atoms with van der Waals surface area (Å²) in [6, 6.07) is 0. The van der Waals surface area contributed by atoms with Crippen molar-refractivity contribution in [3.05, 3.63) is 27.7 Å². The van der Waals surface area contributed by atoms with E-state index in [1.807, 2.05) is 27.8 Å². The SMILES string of the molecule is Cc1nc(SCC(=O)Nc2c(C)nn(C)c2C)c2c(C)c(C)sc2n1. The largest absolute Gasteiger partial charge is 0.322 e. The van der Waals surface area contributed by atoms with Crippen LogP contribution in [0.4, 0.5) is 5.69 Å². The molecule has 1 amide bonds. The highest BCUT2D eigenvalue weighted by atomic mass is 32.2. The van der Waals surface area contributed by atoms with Crippen molar-refractivity contribution < 1.29 is 4.79 Å². The Hall–Kier alpha value is -1.93. The van der Waals surface area contributed by atoms with Gasteiger partial charge in [-0.2, -0.15) is 5.10 Å². The molecule has 3 aromatic rings. The Labute approximate surface area is 155 Å². The molecule has 132 valence electrons. The number of carbonyl (C=O) groups is 1. The molecule has 3 rings (SSSR count). The van der Waals surface area contributed by atoms with Crippen LogP contribution in [0.1, 0.15) is 27.7 Å². The lowest BCUT2D eigenvalue weighted by molar-refractivity contribution is -0.113. The summed E-state index contributed by atoms with van der Waals surface area (Å²) in [6.45, 7) is 9.89. The first-order valence-electron chi connectivity index (χ1n) is 7.95. The molecule has 3 heterocycles. The van der Waals surface area contributed by atoms with Crippen LogP contribution in [0, 0.1) is 34.6 Å². The first-order valence-corrected chi connectivity index (χ1v) is 9.75. The lowest BCUT2D eigenvalue weighted by Gasteiger charge is -2.07. The highest BCUT2D eigenvalue weighted by Crippen LogP contribution is 2.35. The van der Waals surface area contributed by atoms with Gasteiger partial charge in [-0.3, -0.25) is 9.48 Å². The molecule has 0 spiro atoms. The average molecular weight is 376 g/mol. The van der Waals surface area contributed by atoms with Crippen LogP contribution in [0.3, 0.4) is 0 Å². The van der Waals surface area contributed by atoms with Crippen molar-refractivity contribution in [1.82, 2.24) is 19.7 Å². The van der Waals surface area contributed by atoms with Gasteiger partial charge in [-0.1, -0.05) is 11.8 Å². The molecule has 0 aromatic carbocycles. The number of aryl methyl sites for hydroxylation is 5. The minimum atomic E-state index is -0.0572. The van der Waals surface area contributed by atoms with Gasteiger partial charge in [-0.25, -0.2) is 9.97 Å². The van der Waals surface area contributed by atoms with E-state index in [0.717, 1.165) is 38.1 Å². The van der Waals surface area contributed by atoms with E-state index in [1.54, 1.807) is 16.0 Å². The topological polar surface area (TPSA) is 72.7 Å². The van der Waals surface area contributed by atoms with Crippen LogP contribution in [0.2, 0.25) is 0 Å². The molecule has 0 bridgehead atoms. The number of aromatic nitrogens is 4. The second kappa shape index (κ2) is 6.76. The third kappa shape index (κ3) is 3.41. The van der Waals surface area contributed by atoms with Gasteiger partial charge in [0.25, 0.3) is 0 Å². The summed E-state index contributed by atoms with van der Waals surface area (Å²) in [5, 5.41) is 9.24. The van der Waals surface area contributed by atoms with Crippen molar-refractivity contribution in [1.29, 1.82) is 0 Å². The standard InChI is InChI=1S/C17H21N5OS2/c1-8-11(4)25-17-14(8)16(18-12(5)19-17)24-7-13(23)20-15-9(2)21-22(6)10(15)3/h7H2,1-6H3,(H,20,23). The van der Waals surface area contributed by atoms with Crippen LogP contribution in [-0.4, -0.2) is 31.4 Å². The van der Waals surface area contributed by atoms with Crippen molar-refractivity contribution >= 4 is 44.9 Å². The minimum absolute atomic E-state index is 0.0572. The summed E-state index contributed by atoms with van der Waals surface area (Å²) in [5.41, 5.74) is 3.75. The number of hydrogen-bond acceptors (Lipinski definition) is 6. The summed E-state index contributed by atoms with van der Waals surface area (Å²) >= 11 is 3.13. The normalized spacial score (nSPS) is 11.3. The minimum Gasteiger partial charge on any atom is -0.322 e. The van der Waals surface area contributed by atoms with E-state index >= 15 is 0 Å². The summed E-state index contributed by atoms with van der Waals surface area (Å²) in [6.07, 6.45) is 0. The van der Waals surface area contributed by atoms with E-state index in [2.05, 4.69) is 34.2 Å². The van der Waals surface area contributed by atoms with E-state index < -0.39 is 0 Å². The fourth-order valence-electron chi connectivity index (χ4n) is 2.68. The van der Waals surface area contributed by atoms with Crippen LogP contribution in [-0.2, 0) is 11.8 Å². The van der Waals surface area contributed by atoms with Crippen molar-refractivity contribution in [2.24, 2.45) is 7.05 Å². The number of anilines is 1. The molecular weight excluding hydrogens is 354 g/mol. The highest BCUT2D eigenvalue weighted by molar-refractivity contribution is 8.00. The van der Waals surface area contributed by atoms with Crippen molar-refractivity contribution in [3.63, 3.8) is 0 Å². The van der Waals surface area contributed by atoms with E-state index in [1.165, 1.54) is 22.2 Å². The number of amides is 1. The number of nitrogens with zero attached hydrogens (tertiary/aromatic N) is 4. The Morgan fingerprint density at radius 1 is 1.20 bits per heavy atom. The molecule has 1 N–H and O–H groups in total. The predicted octanol–water partition coefficient (Wildman–Crippen LogP) is 3.70. The lowest BCUT2D eigenvalue weighted by Crippen LogP contribution is -2.15. The number of thioether (sulfide) groups is 1. The fraction of sp³-hybridized carbons (Fsp3) is 0.412. The average Bonchev–Trinajstić information content (AvgIpc) is 2.95. The molecule has 0 aliphatic carbocycles. The van der Waals surface area contributed by atoms with Gasteiger partial charge in [0, 0.05) is 17.3 Å². The molecule has 0 saturated carbocycles. The highest BCUT2D eigenvalue weighted by Gasteiger charge is 2.16. The zero-order valence-electron chi connectivity index (χ0n) is 15.2. The Balaban J connectivity index is 1.79. The summed E-state index contributed by atoms with van der Waals surface area (Å²) < 4.78 is 1.77. The van der Waals surface area contributed by atoms with Gasteiger partial charge in [0.2, 0.25) is 5.91 Å². The smallest absolute Gasteiger partial charge is 0.234 e. The third-order valence-electron chi connectivity index (χ3n) is 4.22. The van der Waals surface area contributed by atoms with Crippen LogP contribution in [0.25, 0.3) is 10.2 Å². The van der Waals surface area contributed by atoms with E-state index in [4.69, 9.17) is 0 Å². The number of fused-ring (bicyclic) bond motifs is 1. The molecule has 8 heteroatoms. The van der Waals surface area contributed by atoms with Crippen molar-refractivity contribution in [3.8, 4) is 0 Å². The Bertz CT molecular complexity index is 973. The summed E-state index contributed by atoms with van der Waals surface area (Å²) in [4.78, 5) is 23.7. The maximum atomic E-state index is 12.4. The van der Waals surface area contributed by atoms with Crippen LogP contribution in [0.5, 0.6) is 0 Å². The second-order valence-corrected chi connectivity index (χ2v) is 8.21. The maximum absolute atomic E-state index is 12.4. The van der Waals surface area contributed by atoms with E-state index in [9.17, 15) is 4.79 Å². The Kier molecular flexibility index (Phi) is 4.83. The molecule has 0 unspecified atom stereocenters. The molecule has 0 aliphatic rings. The number of thiophene rings is 1. The van der Waals surface area contributed by atoms with Gasteiger partial charge in [-0.05, 0) is 40.2 Å². The first-order chi connectivity index (χ1) is 11.8. The van der Waals surface area contributed by atoms with Gasteiger partial charge < -0.3 is 5.32 Å². The summed E-state index contributed by atoms with van der Waals surface area (Å²) in [7, 11) is 1.87. The number of hydrogen-bond donors (Lipinski definition) is 1. The molecule has 0 saturated heterocycles. The number of carbonyl (C=O) groups excluding carboxylic acids is 1. The first kappa shape index (κ1) is 17.9. The van der Waals surface area contributed by atoms with Gasteiger partial charge >= 0.3 is 0 Å². The Morgan fingerprint density at radius 2 is 1.92 bits per heavy atom. The van der Waals surface area contributed by atoms with Gasteiger partial charge in [0.1, 0.15) is 15.7 Å². The molecule has 6 nitrogen and oxygen atoms in total. The summed E-state index contributed by atoms with van der Waals surface area (Å²) in [5.74, 6) is 0.974. The molecule has 3 aromatic heterocycles. The molecule has 0 radical (unpaired) electrons.